The topological polar surface area (TPSA) is 27.8 Å². The van der Waals surface area contributed by atoms with Gasteiger partial charge in [0, 0.05) is 28.9 Å². The zero-order chi connectivity index (χ0) is 20.1. The molecule has 0 saturated heterocycles. The Labute approximate surface area is 173 Å². The zero-order valence-electron chi connectivity index (χ0n) is 17.0. The maximum atomic E-state index is 4.03. The molecule has 0 aliphatic rings. The molecule has 0 bridgehead atoms. The minimum absolute atomic E-state index is 0.305. The summed E-state index contributed by atoms with van der Waals surface area (Å²) in [7, 11) is 0. The van der Waals surface area contributed by atoms with Gasteiger partial charge in [-0.2, -0.15) is 0 Å². The minimum Gasteiger partial charge on any atom is -0.371 e. The first-order chi connectivity index (χ1) is 14.3. The molecule has 146 valence electrons. The lowest BCUT2D eigenvalue weighted by atomic mass is 9.85. The Morgan fingerprint density at radius 3 is 2.45 bits per heavy atom. The summed E-state index contributed by atoms with van der Waals surface area (Å²) in [6, 6.07) is 27.8. The quantitative estimate of drug-likeness (QED) is 0.338. The number of aromatic amines is 1. The Bertz CT molecular complexity index is 1090. The predicted octanol–water partition coefficient (Wildman–Crippen LogP) is 7.01. The number of aromatic nitrogens is 1. The molecule has 1 heterocycles. The Kier molecular flexibility index (Phi) is 5.81. The van der Waals surface area contributed by atoms with Gasteiger partial charge >= 0.3 is 0 Å². The summed E-state index contributed by atoms with van der Waals surface area (Å²) in [5.41, 5.74) is 6.42. The van der Waals surface area contributed by atoms with Gasteiger partial charge in [-0.1, -0.05) is 92.4 Å². The van der Waals surface area contributed by atoms with E-state index in [4.69, 9.17) is 0 Å². The van der Waals surface area contributed by atoms with Crippen molar-refractivity contribution in [1.82, 2.24) is 4.98 Å². The highest BCUT2D eigenvalue weighted by atomic mass is 15.0. The Balaban J connectivity index is 1.71. The summed E-state index contributed by atoms with van der Waals surface area (Å²) >= 11 is 0. The SMILES string of the molecule is C=Cc1ccccc1C(CC)c1c(NCCc2ccccc2)[nH]c2ccccc12. The molecule has 0 saturated carbocycles. The number of para-hydroxylation sites is 1. The van der Waals surface area contributed by atoms with E-state index in [2.05, 4.69) is 103 Å². The summed E-state index contributed by atoms with van der Waals surface area (Å²) in [6.07, 6.45) is 3.99. The molecule has 2 nitrogen and oxygen atoms in total. The maximum absolute atomic E-state index is 4.03. The summed E-state index contributed by atoms with van der Waals surface area (Å²) in [5, 5.41) is 4.98. The molecule has 2 N–H and O–H groups in total. The minimum atomic E-state index is 0.305. The van der Waals surface area contributed by atoms with Gasteiger partial charge in [-0.05, 0) is 35.6 Å². The molecule has 4 aromatic rings. The van der Waals surface area contributed by atoms with Crippen LogP contribution in [0.2, 0.25) is 0 Å². The largest absolute Gasteiger partial charge is 0.371 e. The van der Waals surface area contributed by atoms with Crippen molar-refractivity contribution in [1.29, 1.82) is 0 Å². The standard InChI is InChI=1S/C27H28N2/c1-3-21-14-8-9-15-23(21)22(4-2)26-24-16-10-11-17-25(24)29-27(26)28-19-18-20-12-6-5-7-13-20/h3,5-17,22,28-29H,1,4,18-19H2,2H3. The third-order valence-corrected chi connectivity index (χ3v) is 5.65. The molecule has 1 unspecified atom stereocenters. The van der Waals surface area contributed by atoms with Crippen LogP contribution in [0.1, 0.15) is 41.5 Å². The molecule has 0 spiro atoms. The van der Waals surface area contributed by atoms with Crippen LogP contribution < -0.4 is 5.32 Å². The maximum Gasteiger partial charge on any atom is 0.108 e. The average Bonchev–Trinajstić information content (AvgIpc) is 3.14. The fraction of sp³-hybridized carbons (Fsp3) is 0.185. The van der Waals surface area contributed by atoms with Crippen molar-refractivity contribution in [2.75, 3.05) is 11.9 Å². The van der Waals surface area contributed by atoms with E-state index in [1.165, 1.54) is 33.2 Å². The van der Waals surface area contributed by atoms with E-state index in [1.807, 2.05) is 6.08 Å². The number of rotatable bonds is 8. The molecule has 3 aromatic carbocycles. The molecule has 0 radical (unpaired) electrons. The highest BCUT2D eigenvalue weighted by Gasteiger charge is 2.22. The normalized spacial score (nSPS) is 12.0. The fourth-order valence-electron chi connectivity index (χ4n) is 4.24. The highest BCUT2D eigenvalue weighted by molar-refractivity contribution is 5.90. The highest BCUT2D eigenvalue weighted by Crippen LogP contribution is 2.39. The van der Waals surface area contributed by atoms with Gasteiger partial charge in [-0.3, -0.25) is 0 Å². The first-order valence-corrected chi connectivity index (χ1v) is 10.4. The first-order valence-electron chi connectivity index (χ1n) is 10.4. The molecular formula is C27H28N2. The van der Waals surface area contributed by atoms with Gasteiger partial charge in [0.2, 0.25) is 0 Å². The number of nitrogens with one attached hydrogen (secondary N) is 2. The Hall–Kier alpha value is -3.26. The lowest BCUT2D eigenvalue weighted by molar-refractivity contribution is 0.781. The average molecular weight is 381 g/mol. The number of benzene rings is 3. The Morgan fingerprint density at radius 1 is 0.931 bits per heavy atom. The smallest absolute Gasteiger partial charge is 0.108 e. The second-order valence-corrected chi connectivity index (χ2v) is 7.42. The van der Waals surface area contributed by atoms with Gasteiger partial charge in [0.1, 0.15) is 5.82 Å². The van der Waals surface area contributed by atoms with E-state index in [9.17, 15) is 0 Å². The van der Waals surface area contributed by atoms with Crippen LogP contribution in [0, 0.1) is 0 Å². The lowest BCUT2D eigenvalue weighted by Crippen LogP contribution is -2.09. The molecule has 1 atom stereocenters. The van der Waals surface area contributed by atoms with E-state index in [0.29, 0.717) is 5.92 Å². The summed E-state index contributed by atoms with van der Waals surface area (Å²) in [4.78, 5) is 3.64. The van der Waals surface area contributed by atoms with Crippen molar-refractivity contribution in [3.8, 4) is 0 Å². The van der Waals surface area contributed by atoms with Crippen LogP contribution >= 0.6 is 0 Å². The van der Waals surface area contributed by atoms with Crippen molar-refractivity contribution in [2.24, 2.45) is 0 Å². The Morgan fingerprint density at radius 2 is 1.66 bits per heavy atom. The van der Waals surface area contributed by atoms with Crippen LogP contribution in [0.25, 0.3) is 17.0 Å². The van der Waals surface area contributed by atoms with E-state index in [0.717, 1.165) is 25.2 Å². The van der Waals surface area contributed by atoms with Crippen LogP contribution in [0.5, 0.6) is 0 Å². The molecule has 0 aliphatic carbocycles. The van der Waals surface area contributed by atoms with Crippen molar-refractivity contribution in [3.05, 3.63) is 108 Å². The monoisotopic (exact) mass is 380 g/mol. The van der Waals surface area contributed by atoms with Gasteiger partial charge in [-0.15, -0.1) is 0 Å². The second kappa shape index (κ2) is 8.83. The van der Waals surface area contributed by atoms with Crippen molar-refractivity contribution in [3.63, 3.8) is 0 Å². The van der Waals surface area contributed by atoms with E-state index in [-0.39, 0.29) is 0 Å². The zero-order valence-corrected chi connectivity index (χ0v) is 17.0. The number of hydrogen-bond acceptors (Lipinski definition) is 1. The molecule has 0 fully saturated rings. The van der Waals surface area contributed by atoms with E-state index in [1.54, 1.807) is 0 Å². The van der Waals surface area contributed by atoms with Crippen LogP contribution in [0.3, 0.4) is 0 Å². The number of H-pyrrole nitrogens is 1. The molecule has 1 aromatic heterocycles. The lowest BCUT2D eigenvalue weighted by Gasteiger charge is -2.20. The van der Waals surface area contributed by atoms with E-state index < -0.39 is 0 Å². The molecule has 0 amide bonds. The van der Waals surface area contributed by atoms with Crippen molar-refractivity contribution < 1.29 is 0 Å². The fourth-order valence-corrected chi connectivity index (χ4v) is 4.24. The number of anilines is 1. The molecular weight excluding hydrogens is 352 g/mol. The molecule has 4 rings (SSSR count). The van der Waals surface area contributed by atoms with Crippen LogP contribution in [0.15, 0.2) is 85.4 Å². The summed E-state index contributed by atoms with van der Waals surface area (Å²) < 4.78 is 0. The van der Waals surface area contributed by atoms with Gasteiger partial charge in [0.15, 0.2) is 0 Å². The van der Waals surface area contributed by atoms with Gasteiger partial charge in [0.05, 0.1) is 0 Å². The van der Waals surface area contributed by atoms with Gasteiger partial charge in [-0.25, -0.2) is 0 Å². The van der Waals surface area contributed by atoms with Crippen LogP contribution in [-0.2, 0) is 6.42 Å². The molecule has 0 aliphatic heterocycles. The summed E-state index contributed by atoms with van der Waals surface area (Å²) in [6.45, 7) is 7.19. The predicted molar refractivity (Wildman–Crippen MR) is 126 cm³/mol. The third kappa shape index (κ3) is 3.97. The first kappa shape index (κ1) is 19.1. The van der Waals surface area contributed by atoms with Crippen molar-refractivity contribution in [2.45, 2.75) is 25.7 Å². The second-order valence-electron chi connectivity index (χ2n) is 7.42. The molecule has 29 heavy (non-hydrogen) atoms. The van der Waals surface area contributed by atoms with E-state index >= 15 is 0 Å². The van der Waals surface area contributed by atoms with Crippen LogP contribution in [0.4, 0.5) is 5.82 Å². The van der Waals surface area contributed by atoms with Crippen LogP contribution in [-0.4, -0.2) is 11.5 Å². The van der Waals surface area contributed by atoms with Crippen molar-refractivity contribution >= 4 is 22.8 Å². The molecule has 2 heteroatoms. The van der Waals surface area contributed by atoms with Gasteiger partial charge < -0.3 is 10.3 Å². The van der Waals surface area contributed by atoms with Gasteiger partial charge in [0.25, 0.3) is 0 Å². The number of fused-ring (bicyclic) bond motifs is 1. The third-order valence-electron chi connectivity index (χ3n) is 5.65. The summed E-state index contributed by atoms with van der Waals surface area (Å²) in [5.74, 6) is 1.44. The number of hydrogen-bond donors (Lipinski definition) is 2.